The molecule has 92 valence electrons. The summed E-state index contributed by atoms with van der Waals surface area (Å²) in [5, 5.41) is 0. The van der Waals surface area contributed by atoms with Crippen molar-refractivity contribution < 1.29 is 18.0 Å². The number of carbonyl (C=O) groups excluding carboxylic acids is 1. The van der Waals surface area contributed by atoms with Crippen molar-refractivity contribution in [1.82, 2.24) is 0 Å². The molecule has 1 aromatic rings. The Hall–Kier alpha value is -1.52. The van der Waals surface area contributed by atoms with Gasteiger partial charge in [0.1, 0.15) is 0 Å². The van der Waals surface area contributed by atoms with Gasteiger partial charge >= 0.3 is 6.18 Å². The normalized spacial score (nSPS) is 17.8. The molecule has 1 aliphatic rings. The van der Waals surface area contributed by atoms with Crippen LogP contribution in [0.1, 0.15) is 30.4 Å². The molecule has 0 aromatic heterocycles. The second kappa shape index (κ2) is 3.75. The topological polar surface area (TPSA) is 43.1 Å². The molecule has 0 atom stereocenters. The van der Waals surface area contributed by atoms with Crippen LogP contribution < -0.4 is 5.73 Å². The van der Waals surface area contributed by atoms with E-state index >= 15 is 0 Å². The summed E-state index contributed by atoms with van der Waals surface area (Å²) in [5.74, 6) is -0.556. The van der Waals surface area contributed by atoms with Crippen molar-refractivity contribution in [3.05, 3.63) is 35.4 Å². The predicted molar refractivity (Wildman–Crippen MR) is 56.2 cm³/mol. The highest BCUT2D eigenvalue weighted by molar-refractivity contribution is 5.76. The molecule has 1 fully saturated rings. The SMILES string of the molecule is NC(=O)CC1(c2ccccc2C(F)(F)F)CC1. The van der Waals surface area contributed by atoms with Gasteiger partial charge in [-0.3, -0.25) is 4.79 Å². The molecule has 0 spiro atoms. The number of alkyl halides is 3. The number of benzene rings is 1. The van der Waals surface area contributed by atoms with Gasteiger partial charge in [-0.1, -0.05) is 18.2 Å². The maximum absolute atomic E-state index is 12.8. The number of primary amides is 1. The summed E-state index contributed by atoms with van der Waals surface area (Å²) in [5.41, 5.74) is 3.96. The van der Waals surface area contributed by atoms with E-state index in [1.807, 2.05) is 0 Å². The summed E-state index contributed by atoms with van der Waals surface area (Å²) >= 11 is 0. The van der Waals surface area contributed by atoms with Gasteiger partial charge in [0, 0.05) is 11.8 Å². The molecule has 0 unspecified atom stereocenters. The van der Waals surface area contributed by atoms with Gasteiger partial charge in [0.25, 0.3) is 0 Å². The van der Waals surface area contributed by atoms with E-state index in [1.165, 1.54) is 12.1 Å². The minimum absolute atomic E-state index is 0.0138. The summed E-state index contributed by atoms with van der Waals surface area (Å²) in [6.45, 7) is 0. The molecule has 1 aliphatic carbocycles. The third-order valence-electron chi connectivity index (χ3n) is 3.17. The predicted octanol–water partition coefficient (Wildman–Crippen LogP) is 2.61. The summed E-state index contributed by atoms with van der Waals surface area (Å²) in [7, 11) is 0. The first-order valence-corrected chi connectivity index (χ1v) is 5.30. The van der Waals surface area contributed by atoms with E-state index in [0.29, 0.717) is 12.8 Å². The molecule has 2 nitrogen and oxygen atoms in total. The third-order valence-corrected chi connectivity index (χ3v) is 3.17. The minimum atomic E-state index is -4.39. The molecular formula is C12H12F3NO. The molecule has 1 aromatic carbocycles. The van der Waals surface area contributed by atoms with Crippen molar-refractivity contribution in [1.29, 1.82) is 0 Å². The molecule has 2 N–H and O–H groups in total. The molecule has 0 saturated heterocycles. The molecule has 5 heteroatoms. The van der Waals surface area contributed by atoms with E-state index in [1.54, 1.807) is 6.07 Å². The van der Waals surface area contributed by atoms with Gasteiger partial charge in [0.05, 0.1) is 5.56 Å². The fourth-order valence-corrected chi connectivity index (χ4v) is 2.22. The number of rotatable bonds is 3. The average Bonchev–Trinajstić information content (AvgIpc) is 2.97. The first-order chi connectivity index (χ1) is 7.85. The summed E-state index contributed by atoms with van der Waals surface area (Å²) in [6.07, 6.45) is -3.23. The smallest absolute Gasteiger partial charge is 0.370 e. The van der Waals surface area contributed by atoms with E-state index in [9.17, 15) is 18.0 Å². The molecule has 0 aliphatic heterocycles. The first-order valence-electron chi connectivity index (χ1n) is 5.30. The van der Waals surface area contributed by atoms with Crippen LogP contribution in [0.5, 0.6) is 0 Å². The van der Waals surface area contributed by atoms with Crippen LogP contribution in [0.2, 0.25) is 0 Å². The molecule has 2 rings (SSSR count). The lowest BCUT2D eigenvalue weighted by Gasteiger charge is -2.19. The number of halogens is 3. The maximum Gasteiger partial charge on any atom is 0.416 e. The Morgan fingerprint density at radius 1 is 1.29 bits per heavy atom. The summed E-state index contributed by atoms with van der Waals surface area (Å²) < 4.78 is 38.5. The lowest BCUT2D eigenvalue weighted by Crippen LogP contribution is -2.23. The zero-order chi connectivity index (χ0) is 12.7. The number of hydrogen-bond donors (Lipinski definition) is 1. The van der Waals surface area contributed by atoms with Crippen molar-refractivity contribution in [3.63, 3.8) is 0 Å². The lowest BCUT2D eigenvalue weighted by molar-refractivity contribution is -0.138. The highest BCUT2D eigenvalue weighted by Gasteiger charge is 2.49. The average molecular weight is 243 g/mol. The number of carbonyl (C=O) groups is 1. The van der Waals surface area contributed by atoms with Crippen LogP contribution in [0.25, 0.3) is 0 Å². The first kappa shape index (κ1) is 12.0. The van der Waals surface area contributed by atoms with Crippen molar-refractivity contribution >= 4 is 5.91 Å². The Bertz CT molecular complexity index is 449. The maximum atomic E-state index is 12.8. The van der Waals surface area contributed by atoms with E-state index in [2.05, 4.69) is 0 Å². The second-order valence-corrected chi connectivity index (χ2v) is 4.47. The van der Waals surface area contributed by atoms with Gasteiger partial charge in [0.2, 0.25) is 5.91 Å². The molecule has 17 heavy (non-hydrogen) atoms. The van der Waals surface area contributed by atoms with Crippen molar-refractivity contribution in [2.75, 3.05) is 0 Å². The Kier molecular flexibility index (Phi) is 2.64. The van der Waals surface area contributed by atoms with Crippen LogP contribution in [0.3, 0.4) is 0 Å². The second-order valence-electron chi connectivity index (χ2n) is 4.47. The Labute approximate surface area is 96.6 Å². The highest BCUT2D eigenvalue weighted by atomic mass is 19.4. The van der Waals surface area contributed by atoms with E-state index in [-0.39, 0.29) is 12.0 Å². The van der Waals surface area contributed by atoms with Crippen LogP contribution in [0, 0.1) is 0 Å². The summed E-state index contributed by atoms with van der Waals surface area (Å²) in [6, 6.07) is 5.41. The number of hydrogen-bond acceptors (Lipinski definition) is 1. The molecule has 0 bridgehead atoms. The number of nitrogens with two attached hydrogens (primary N) is 1. The largest absolute Gasteiger partial charge is 0.416 e. The van der Waals surface area contributed by atoms with Gasteiger partial charge in [-0.25, -0.2) is 0 Å². The van der Waals surface area contributed by atoms with Gasteiger partial charge in [-0.2, -0.15) is 13.2 Å². The Morgan fingerprint density at radius 2 is 1.88 bits per heavy atom. The Balaban J connectivity index is 2.43. The van der Waals surface area contributed by atoms with Crippen molar-refractivity contribution in [2.45, 2.75) is 30.9 Å². The van der Waals surface area contributed by atoms with Crippen LogP contribution in [0.15, 0.2) is 24.3 Å². The minimum Gasteiger partial charge on any atom is -0.370 e. The van der Waals surface area contributed by atoms with Gasteiger partial charge in [0.15, 0.2) is 0 Å². The molecular weight excluding hydrogens is 231 g/mol. The Morgan fingerprint density at radius 3 is 2.35 bits per heavy atom. The molecule has 0 heterocycles. The number of amides is 1. The zero-order valence-electron chi connectivity index (χ0n) is 9.05. The summed E-state index contributed by atoms with van der Waals surface area (Å²) in [4.78, 5) is 10.9. The van der Waals surface area contributed by atoms with Gasteiger partial charge < -0.3 is 5.73 Å². The van der Waals surface area contributed by atoms with Gasteiger partial charge in [-0.05, 0) is 24.5 Å². The van der Waals surface area contributed by atoms with E-state index < -0.39 is 23.1 Å². The third kappa shape index (κ3) is 2.28. The van der Waals surface area contributed by atoms with Crippen LogP contribution in [0.4, 0.5) is 13.2 Å². The highest BCUT2D eigenvalue weighted by Crippen LogP contribution is 2.53. The zero-order valence-corrected chi connectivity index (χ0v) is 9.05. The fraction of sp³-hybridized carbons (Fsp3) is 0.417. The molecule has 1 saturated carbocycles. The lowest BCUT2D eigenvalue weighted by atomic mass is 9.88. The van der Waals surface area contributed by atoms with Crippen molar-refractivity contribution in [2.24, 2.45) is 5.73 Å². The quantitative estimate of drug-likeness (QED) is 0.871. The van der Waals surface area contributed by atoms with Crippen LogP contribution in [-0.2, 0) is 16.4 Å². The van der Waals surface area contributed by atoms with Crippen LogP contribution in [-0.4, -0.2) is 5.91 Å². The van der Waals surface area contributed by atoms with Crippen LogP contribution >= 0.6 is 0 Å². The standard InChI is InChI=1S/C12H12F3NO/c13-12(14,15)9-4-2-1-3-8(9)11(5-6-11)7-10(16)17/h1-4H,5-7H2,(H2,16,17). The van der Waals surface area contributed by atoms with E-state index in [4.69, 9.17) is 5.73 Å². The molecule has 0 radical (unpaired) electrons. The monoisotopic (exact) mass is 243 g/mol. The fourth-order valence-electron chi connectivity index (χ4n) is 2.22. The molecule has 1 amide bonds. The van der Waals surface area contributed by atoms with E-state index in [0.717, 1.165) is 6.07 Å². The van der Waals surface area contributed by atoms with Crippen molar-refractivity contribution in [3.8, 4) is 0 Å². The van der Waals surface area contributed by atoms with Gasteiger partial charge in [-0.15, -0.1) is 0 Å².